The standard InChI is InChI=1S/C8H12N2O2.H4Si/c1(7-9-3-5-11-7)2-8-10-4-6-12-8;/h1-6H2;1H4. The Morgan fingerprint density at radius 1 is 0.923 bits per heavy atom. The van der Waals surface area contributed by atoms with E-state index in [1.54, 1.807) is 0 Å². The minimum absolute atomic E-state index is 0. The number of ether oxygens (including phenoxy) is 2. The number of hydrogen-bond acceptors (Lipinski definition) is 4. The van der Waals surface area contributed by atoms with Crippen LogP contribution in [0.2, 0.25) is 0 Å². The zero-order valence-corrected chi connectivity index (χ0v) is 6.95. The van der Waals surface area contributed by atoms with Gasteiger partial charge >= 0.3 is 0 Å². The van der Waals surface area contributed by atoms with Crippen LogP contribution in [-0.2, 0) is 9.47 Å². The molecule has 0 bridgehead atoms. The normalized spacial score (nSPS) is 19.7. The first kappa shape index (κ1) is 10.2. The fourth-order valence-corrected chi connectivity index (χ4v) is 1.28. The predicted molar refractivity (Wildman–Crippen MR) is 57.1 cm³/mol. The van der Waals surface area contributed by atoms with Crippen molar-refractivity contribution in [3.05, 3.63) is 0 Å². The average Bonchev–Trinajstić information content (AvgIpc) is 2.74. The van der Waals surface area contributed by atoms with Crippen LogP contribution in [0.1, 0.15) is 12.8 Å². The van der Waals surface area contributed by atoms with Crippen molar-refractivity contribution in [2.24, 2.45) is 9.98 Å². The van der Waals surface area contributed by atoms with E-state index in [2.05, 4.69) is 9.98 Å². The third kappa shape index (κ3) is 2.84. The molecule has 74 valence electrons. The topological polar surface area (TPSA) is 43.2 Å². The molecular weight excluding hydrogens is 184 g/mol. The van der Waals surface area contributed by atoms with E-state index in [1.165, 1.54) is 0 Å². The van der Waals surface area contributed by atoms with Gasteiger partial charge in [0.1, 0.15) is 13.2 Å². The minimum atomic E-state index is 0. The van der Waals surface area contributed by atoms with Gasteiger partial charge in [0.2, 0.25) is 0 Å². The summed E-state index contributed by atoms with van der Waals surface area (Å²) in [4.78, 5) is 8.36. The van der Waals surface area contributed by atoms with Crippen LogP contribution >= 0.6 is 0 Å². The molecule has 0 aromatic rings. The summed E-state index contributed by atoms with van der Waals surface area (Å²) in [6.45, 7) is 3.09. The van der Waals surface area contributed by atoms with Crippen molar-refractivity contribution in [1.29, 1.82) is 0 Å². The fraction of sp³-hybridized carbons (Fsp3) is 0.750. The Hall–Kier alpha value is -0.843. The molecule has 0 amide bonds. The zero-order chi connectivity index (χ0) is 8.23. The number of aliphatic imine (C=N–C) groups is 2. The molecule has 5 heteroatoms. The second kappa shape index (κ2) is 5.01. The second-order valence-corrected chi connectivity index (χ2v) is 2.75. The summed E-state index contributed by atoms with van der Waals surface area (Å²) in [6, 6.07) is 0. The van der Waals surface area contributed by atoms with Crippen molar-refractivity contribution in [1.82, 2.24) is 0 Å². The van der Waals surface area contributed by atoms with Crippen LogP contribution in [0, 0.1) is 0 Å². The lowest BCUT2D eigenvalue weighted by Gasteiger charge is -2.01. The molecule has 2 aliphatic heterocycles. The van der Waals surface area contributed by atoms with Crippen molar-refractivity contribution < 1.29 is 9.47 Å². The molecule has 0 radical (unpaired) electrons. The molecule has 0 atom stereocenters. The fourth-order valence-electron chi connectivity index (χ4n) is 1.28. The summed E-state index contributed by atoms with van der Waals surface area (Å²) in [5, 5.41) is 0. The maximum atomic E-state index is 5.25. The van der Waals surface area contributed by atoms with Gasteiger partial charge in [-0.15, -0.1) is 0 Å². The second-order valence-electron chi connectivity index (χ2n) is 2.75. The molecule has 0 aromatic heterocycles. The first-order valence-corrected chi connectivity index (χ1v) is 4.27. The first-order chi connectivity index (χ1) is 5.95. The molecule has 0 spiro atoms. The third-order valence-corrected chi connectivity index (χ3v) is 1.85. The zero-order valence-electron chi connectivity index (χ0n) is 6.95. The highest BCUT2D eigenvalue weighted by Gasteiger charge is 2.11. The van der Waals surface area contributed by atoms with Gasteiger partial charge in [-0.1, -0.05) is 0 Å². The van der Waals surface area contributed by atoms with Crippen LogP contribution < -0.4 is 0 Å². The third-order valence-electron chi connectivity index (χ3n) is 1.85. The predicted octanol–water partition coefficient (Wildman–Crippen LogP) is -0.828. The summed E-state index contributed by atoms with van der Waals surface area (Å²) in [6.07, 6.45) is 1.66. The lowest BCUT2D eigenvalue weighted by atomic mass is 10.3. The molecule has 2 rings (SSSR count). The van der Waals surface area contributed by atoms with Gasteiger partial charge in [-0.3, -0.25) is 9.98 Å². The largest absolute Gasteiger partial charge is 0.479 e. The summed E-state index contributed by atoms with van der Waals surface area (Å²) in [5.74, 6) is 1.71. The van der Waals surface area contributed by atoms with E-state index in [9.17, 15) is 0 Å². The van der Waals surface area contributed by atoms with Gasteiger partial charge in [-0.2, -0.15) is 0 Å². The van der Waals surface area contributed by atoms with Crippen molar-refractivity contribution in [3.63, 3.8) is 0 Å². The molecule has 13 heavy (non-hydrogen) atoms. The van der Waals surface area contributed by atoms with Crippen LogP contribution in [-0.4, -0.2) is 49.1 Å². The highest BCUT2D eigenvalue weighted by atomic mass is 28.1. The van der Waals surface area contributed by atoms with E-state index in [1.807, 2.05) is 0 Å². The molecule has 0 aliphatic carbocycles. The van der Waals surface area contributed by atoms with E-state index in [-0.39, 0.29) is 11.0 Å². The Morgan fingerprint density at radius 2 is 1.38 bits per heavy atom. The minimum Gasteiger partial charge on any atom is -0.479 e. The molecule has 0 unspecified atom stereocenters. The smallest absolute Gasteiger partial charge is 0.183 e. The lowest BCUT2D eigenvalue weighted by Crippen LogP contribution is -2.04. The molecule has 0 saturated heterocycles. The molecular formula is C8H16N2O2Si. The summed E-state index contributed by atoms with van der Waals surface area (Å²) >= 11 is 0. The summed E-state index contributed by atoms with van der Waals surface area (Å²) in [7, 11) is 0. The van der Waals surface area contributed by atoms with Crippen molar-refractivity contribution in [3.8, 4) is 0 Å². The van der Waals surface area contributed by atoms with Gasteiger partial charge in [-0.05, 0) is 11.0 Å². The Labute approximate surface area is 82.1 Å². The van der Waals surface area contributed by atoms with Crippen molar-refractivity contribution in [2.75, 3.05) is 26.3 Å². The van der Waals surface area contributed by atoms with Gasteiger partial charge in [0.25, 0.3) is 0 Å². The highest BCUT2D eigenvalue weighted by Crippen LogP contribution is 2.06. The van der Waals surface area contributed by atoms with Crippen LogP contribution in [0.4, 0.5) is 0 Å². The van der Waals surface area contributed by atoms with E-state index < -0.39 is 0 Å². The Kier molecular flexibility index (Phi) is 3.95. The lowest BCUT2D eigenvalue weighted by molar-refractivity contribution is 0.327. The number of rotatable bonds is 3. The van der Waals surface area contributed by atoms with E-state index in [0.717, 1.165) is 50.9 Å². The quantitative estimate of drug-likeness (QED) is 0.558. The molecule has 0 aromatic carbocycles. The number of hydrogen-bond donors (Lipinski definition) is 0. The monoisotopic (exact) mass is 200 g/mol. The van der Waals surface area contributed by atoms with Gasteiger partial charge < -0.3 is 9.47 Å². The van der Waals surface area contributed by atoms with Crippen LogP contribution in [0.25, 0.3) is 0 Å². The highest BCUT2D eigenvalue weighted by molar-refractivity contribution is 5.84. The van der Waals surface area contributed by atoms with Gasteiger partial charge in [-0.25, -0.2) is 0 Å². The maximum absolute atomic E-state index is 5.25. The SMILES string of the molecule is C1COC(CCC2=NCCO2)=N1.[SiH4]. The molecule has 0 N–H and O–H groups in total. The summed E-state index contributed by atoms with van der Waals surface area (Å²) < 4.78 is 10.5. The van der Waals surface area contributed by atoms with E-state index in [0.29, 0.717) is 0 Å². The van der Waals surface area contributed by atoms with Crippen molar-refractivity contribution in [2.45, 2.75) is 12.8 Å². The molecule has 0 fully saturated rings. The molecule has 2 heterocycles. The van der Waals surface area contributed by atoms with Crippen LogP contribution in [0.5, 0.6) is 0 Å². The van der Waals surface area contributed by atoms with Crippen molar-refractivity contribution >= 4 is 22.8 Å². The van der Waals surface area contributed by atoms with Gasteiger partial charge in [0.15, 0.2) is 11.8 Å². The Bertz CT molecular complexity index is 204. The Balaban J connectivity index is 0.000000845. The molecule has 4 nitrogen and oxygen atoms in total. The van der Waals surface area contributed by atoms with Crippen LogP contribution in [0.3, 0.4) is 0 Å². The van der Waals surface area contributed by atoms with E-state index in [4.69, 9.17) is 9.47 Å². The van der Waals surface area contributed by atoms with Crippen LogP contribution in [0.15, 0.2) is 9.98 Å². The van der Waals surface area contributed by atoms with E-state index >= 15 is 0 Å². The Morgan fingerprint density at radius 3 is 1.69 bits per heavy atom. The first-order valence-electron chi connectivity index (χ1n) is 4.27. The summed E-state index contributed by atoms with van der Waals surface area (Å²) in [5.41, 5.74) is 0. The number of nitrogens with zero attached hydrogens (tertiary/aromatic N) is 2. The maximum Gasteiger partial charge on any atom is 0.183 e. The van der Waals surface area contributed by atoms with Gasteiger partial charge in [0, 0.05) is 12.8 Å². The average molecular weight is 200 g/mol. The molecule has 0 saturated carbocycles. The van der Waals surface area contributed by atoms with Gasteiger partial charge in [0.05, 0.1) is 13.1 Å². The molecule has 2 aliphatic rings.